The van der Waals surface area contributed by atoms with Crippen LogP contribution in [0.3, 0.4) is 0 Å². The Morgan fingerprint density at radius 3 is 2.39 bits per heavy atom. The molecule has 1 aliphatic carbocycles. The van der Waals surface area contributed by atoms with Crippen LogP contribution in [0.1, 0.15) is 72.1 Å². The molecule has 4 aliphatic heterocycles. The van der Waals surface area contributed by atoms with Gasteiger partial charge in [-0.15, -0.1) is 0 Å². The van der Waals surface area contributed by atoms with Gasteiger partial charge in [0.1, 0.15) is 11.9 Å². The lowest BCUT2D eigenvalue weighted by Crippen LogP contribution is -2.52. The number of hydrogen-bond donors (Lipinski definition) is 1. The zero-order chi connectivity index (χ0) is 36.8. The fourth-order valence-corrected chi connectivity index (χ4v) is 9.18. The largest absolute Gasteiger partial charge is 0.369 e. The highest BCUT2D eigenvalue weighted by Gasteiger charge is 2.39. The maximum absolute atomic E-state index is 13.1. The van der Waals surface area contributed by atoms with Crippen LogP contribution in [0.15, 0.2) is 66.9 Å². The summed E-state index contributed by atoms with van der Waals surface area (Å²) in [5.74, 6) is 1.06. The minimum atomic E-state index is -0.580. The zero-order valence-electron chi connectivity index (χ0n) is 31.2. The Morgan fingerprint density at radius 2 is 1.61 bits per heavy atom. The average molecular weight is 724 g/mol. The summed E-state index contributed by atoms with van der Waals surface area (Å²) in [6.45, 7) is 7.62. The van der Waals surface area contributed by atoms with Crippen LogP contribution in [0.4, 0.5) is 11.5 Å². The first-order valence-corrected chi connectivity index (χ1v) is 19.8. The molecular formula is C44H49N7O3. The number of carbonyl (C=O) groups excluding carboxylic acids is 3. The highest BCUT2D eigenvalue weighted by atomic mass is 16.2. The molecule has 0 spiro atoms. The van der Waals surface area contributed by atoms with Gasteiger partial charge in [0, 0.05) is 104 Å². The number of pyridine rings is 1. The first kappa shape index (κ1) is 34.5. The summed E-state index contributed by atoms with van der Waals surface area (Å²) in [6.07, 6.45) is 17.6. The molecule has 0 bridgehead atoms. The topological polar surface area (TPSA) is 94.0 Å². The Labute approximate surface area is 317 Å². The standard InChI is InChI=1S/C44H49N7O3/c1-47-38-7-5-3-2-4-6-36(38)37-11-8-31(27-40(37)47)32-9-14-41(45-28-32)50-20-17-30(18-21-50)16-19-48-22-24-49(25-23-48)34-10-12-35-33(26-34)29-51(44(35)54)39-13-15-42(52)46-43(39)53/h4-12,14,26-28,30,39H,2-3,13,15-25,29H2,1H3,(H,46,52,53)/b6-4-,7-5?. The number of anilines is 2. The molecule has 0 radical (unpaired) electrons. The summed E-state index contributed by atoms with van der Waals surface area (Å²) in [4.78, 5) is 51.2. The molecule has 6 heterocycles. The number of fused-ring (bicyclic) bond motifs is 4. The molecule has 9 rings (SSSR count). The fraction of sp³-hybridized carbons (Fsp3) is 0.409. The Balaban J connectivity index is 0.742. The molecule has 1 atom stereocenters. The molecule has 1 unspecified atom stereocenters. The Kier molecular flexibility index (Phi) is 9.31. The van der Waals surface area contributed by atoms with Crippen LogP contribution in [-0.4, -0.2) is 88.9 Å². The highest BCUT2D eigenvalue weighted by molar-refractivity contribution is 6.05. The molecule has 10 heteroatoms. The summed E-state index contributed by atoms with van der Waals surface area (Å²) < 4.78 is 2.31. The summed E-state index contributed by atoms with van der Waals surface area (Å²) in [6, 6.07) is 16.7. The van der Waals surface area contributed by atoms with E-state index in [4.69, 9.17) is 4.98 Å². The van der Waals surface area contributed by atoms with Crippen LogP contribution in [0.5, 0.6) is 0 Å². The molecule has 2 aromatic heterocycles. The summed E-state index contributed by atoms with van der Waals surface area (Å²) in [5.41, 5.74) is 8.95. The van der Waals surface area contributed by atoms with Gasteiger partial charge in [0.05, 0.1) is 0 Å². The summed E-state index contributed by atoms with van der Waals surface area (Å²) >= 11 is 0. The normalized spacial score (nSPS) is 21.6. The van der Waals surface area contributed by atoms with Gasteiger partial charge in [0.25, 0.3) is 5.91 Å². The minimum Gasteiger partial charge on any atom is -0.369 e. The molecule has 2 aromatic carbocycles. The average Bonchev–Trinajstić information content (AvgIpc) is 3.65. The second kappa shape index (κ2) is 14.5. The molecule has 3 saturated heterocycles. The molecule has 4 aromatic rings. The number of aryl methyl sites for hydroxylation is 1. The van der Waals surface area contributed by atoms with Crippen molar-refractivity contribution in [3.63, 3.8) is 0 Å². The minimum absolute atomic E-state index is 0.118. The first-order valence-electron chi connectivity index (χ1n) is 19.8. The Bertz CT molecular complexity index is 2150. The number of nitrogens with zero attached hydrogens (tertiary/aromatic N) is 6. The number of rotatable bonds is 7. The first-order chi connectivity index (χ1) is 26.4. The van der Waals surface area contributed by atoms with Crippen molar-refractivity contribution in [2.45, 2.75) is 57.5 Å². The van der Waals surface area contributed by atoms with Crippen LogP contribution in [0, 0.1) is 5.92 Å². The second-order valence-corrected chi connectivity index (χ2v) is 15.7. The molecule has 54 heavy (non-hydrogen) atoms. The van der Waals surface area contributed by atoms with Crippen molar-refractivity contribution in [3.05, 3.63) is 89.3 Å². The third-order valence-electron chi connectivity index (χ3n) is 12.5. The SMILES string of the molecule is Cn1c2c(c3ccc(-c4ccc(N5CCC(CCN6CCN(c7ccc8c(c7)CN(C7CCC(=O)NC7=O)C8=O)CC6)CC5)nc4)cc31)/C=C\CCC=C2. The molecule has 1 N–H and O–H groups in total. The van der Waals surface area contributed by atoms with Gasteiger partial charge < -0.3 is 19.3 Å². The van der Waals surface area contributed by atoms with E-state index < -0.39 is 6.04 Å². The van der Waals surface area contributed by atoms with E-state index in [0.29, 0.717) is 18.5 Å². The zero-order valence-corrected chi connectivity index (χ0v) is 31.2. The predicted octanol–water partition coefficient (Wildman–Crippen LogP) is 6.25. The fourth-order valence-electron chi connectivity index (χ4n) is 9.18. The summed E-state index contributed by atoms with van der Waals surface area (Å²) in [7, 11) is 2.17. The number of imide groups is 1. The van der Waals surface area contributed by atoms with Crippen molar-refractivity contribution < 1.29 is 14.4 Å². The van der Waals surface area contributed by atoms with Crippen molar-refractivity contribution in [1.82, 2.24) is 24.7 Å². The van der Waals surface area contributed by atoms with Crippen LogP contribution in [0.2, 0.25) is 0 Å². The molecule has 3 fully saturated rings. The van der Waals surface area contributed by atoms with E-state index in [1.807, 2.05) is 18.3 Å². The maximum Gasteiger partial charge on any atom is 0.255 e. The third kappa shape index (κ3) is 6.61. The van der Waals surface area contributed by atoms with Crippen LogP contribution >= 0.6 is 0 Å². The van der Waals surface area contributed by atoms with Crippen molar-refractivity contribution >= 4 is 52.3 Å². The van der Waals surface area contributed by atoms with E-state index in [-0.39, 0.29) is 24.1 Å². The maximum atomic E-state index is 13.1. The van der Waals surface area contributed by atoms with Crippen molar-refractivity contribution in [1.29, 1.82) is 0 Å². The van der Waals surface area contributed by atoms with E-state index in [9.17, 15) is 14.4 Å². The number of benzene rings is 2. The lowest BCUT2D eigenvalue weighted by atomic mass is 9.93. The van der Waals surface area contributed by atoms with Gasteiger partial charge in [-0.3, -0.25) is 24.6 Å². The van der Waals surface area contributed by atoms with Crippen LogP contribution in [0.25, 0.3) is 34.2 Å². The lowest BCUT2D eigenvalue weighted by molar-refractivity contribution is -0.136. The van der Waals surface area contributed by atoms with Gasteiger partial charge in [-0.25, -0.2) is 4.98 Å². The van der Waals surface area contributed by atoms with Gasteiger partial charge >= 0.3 is 0 Å². The molecule has 3 amide bonds. The van der Waals surface area contributed by atoms with Crippen molar-refractivity contribution in [2.24, 2.45) is 13.0 Å². The van der Waals surface area contributed by atoms with Gasteiger partial charge in [0.15, 0.2) is 0 Å². The highest BCUT2D eigenvalue weighted by Crippen LogP contribution is 2.34. The quantitative estimate of drug-likeness (QED) is 0.226. The molecule has 5 aliphatic rings. The van der Waals surface area contributed by atoms with Gasteiger partial charge in [-0.1, -0.05) is 30.4 Å². The molecule has 278 valence electrons. The van der Waals surface area contributed by atoms with Crippen LogP contribution < -0.4 is 15.1 Å². The third-order valence-corrected chi connectivity index (χ3v) is 12.5. The van der Waals surface area contributed by atoms with Crippen molar-refractivity contribution in [3.8, 4) is 11.1 Å². The number of piperidine rings is 2. The summed E-state index contributed by atoms with van der Waals surface area (Å²) in [5, 5.41) is 3.68. The van der Waals surface area contributed by atoms with Gasteiger partial charge in [-0.05, 0) is 105 Å². The number of nitrogens with one attached hydrogen (secondary N) is 1. The number of hydrogen-bond acceptors (Lipinski definition) is 7. The number of amides is 3. The monoisotopic (exact) mass is 723 g/mol. The van der Waals surface area contributed by atoms with Gasteiger partial charge in [0.2, 0.25) is 11.8 Å². The Morgan fingerprint density at radius 1 is 0.815 bits per heavy atom. The van der Waals surface area contributed by atoms with E-state index in [0.717, 1.165) is 87.2 Å². The second-order valence-electron chi connectivity index (χ2n) is 15.7. The molecular weight excluding hydrogens is 675 g/mol. The molecule has 0 saturated carbocycles. The number of allylic oxidation sites excluding steroid dienone is 2. The van der Waals surface area contributed by atoms with E-state index in [1.54, 1.807) is 4.90 Å². The number of aromatic nitrogens is 2. The van der Waals surface area contributed by atoms with E-state index in [1.165, 1.54) is 47.0 Å². The number of piperazine rings is 1. The smallest absolute Gasteiger partial charge is 0.255 e. The van der Waals surface area contributed by atoms with E-state index >= 15 is 0 Å². The van der Waals surface area contributed by atoms with Crippen LogP contribution in [-0.2, 0) is 23.2 Å². The van der Waals surface area contributed by atoms with Crippen molar-refractivity contribution in [2.75, 3.05) is 55.6 Å². The van der Waals surface area contributed by atoms with E-state index in [2.05, 4.69) is 92.3 Å². The molecule has 10 nitrogen and oxygen atoms in total. The predicted molar refractivity (Wildman–Crippen MR) is 214 cm³/mol. The Hall–Kier alpha value is -5.22. The lowest BCUT2D eigenvalue weighted by Gasteiger charge is -2.38. The van der Waals surface area contributed by atoms with Gasteiger partial charge in [-0.2, -0.15) is 0 Å². The number of carbonyl (C=O) groups is 3.